The summed E-state index contributed by atoms with van der Waals surface area (Å²) in [5, 5.41) is 0. The first-order valence-electron chi connectivity index (χ1n) is 11.6. The van der Waals surface area contributed by atoms with Crippen LogP contribution in [0.5, 0.6) is 0 Å². The average Bonchev–Trinajstić information content (AvgIpc) is 2.91. The molecular weight excluding hydrogens is 542 g/mol. The molecular formula is C26H25F4N3O3S2. The van der Waals surface area contributed by atoms with E-state index in [2.05, 4.69) is 0 Å². The van der Waals surface area contributed by atoms with Crippen LogP contribution in [0.2, 0.25) is 0 Å². The molecule has 3 aromatic rings. The van der Waals surface area contributed by atoms with Gasteiger partial charge in [-0.1, -0.05) is 12.1 Å². The normalized spacial score (nSPS) is 14.4. The molecule has 0 atom stereocenters. The minimum atomic E-state index is -4.46. The standard InChI is InChI=1S/C26H25F4N3O3S2/c1-37-23-8-10-24(11-9-23)38(35,36)33(22-7-3-5-20(27)17-22)18-25(34)32-14-12-31(13-15-32)21-6-2-4-19(16-21)26(28,29)30/h2-11,16-17H,12-15,18H2,1H3. The predicted molar refractivity (Wildman–Crippen MR) is 139 cm³/mol. The molecule has 0 saturated carbocycles. The Balaban J connectivity index is 1.52. The van der Waals surface area contributed by atoms with Gasteiger partial charge >= 0.3 is 6.18 Å². The minimum Gasteiger partial charge on any atom is -0.368 e. The number of anilines is 2. The summed E-state index contributed by atoms with van der Waals surface area (Å²) in [6, 6.07) is 16.2. The fraction of sp³-hybridized carbons (Fsp3) is 0.269. The molecule has 0 unspecified atom stereocenters. The van der Waals surface area contributed by atoms with E-state index in [4.69, 9.17) is 0 Å². The highest BCUT2D eigenvalue weighted by Crippen LogP contribution is 2.32. The van der Waals surface area contributed by atoms with Crippen molar-refractivity contribution in [3.8, 4) is 0 Å². The number of halogens is 4. The fourth-order valence-electron chi connectivity index (χ4n) is 4.14. The maximum absolute atomic E-state index is 14.0. The van der Waals surface area contributed by atoms with Gasteiger partial charge in [0.1, 0.15) is 12.4 Å². The zero-order valence-corrected chi connectivity index (χ0v) is 22.0. The summed E-state index contributed by atoms with van der Waals surface area (Å²) in [5.41, 5.74) is -0.352. The summed E-state index contributed by atoms with van der Waals surface area (Å²) in [5.74, 6) is -1.15. The number of sulfonamides is 1. The second-order valence-corrected chi connectivity index (χ2v) is 11.3. The summed E-state index contributed by atoms with van der Waals surface area (Å²) < 4.78 is 81.3. The van der Waals surface area contributed by atoms with Gasteiger partial charge in [-0.25, -0.2) is 12.8 Å². The molecule has 1 aliphatic rings. The Kier molecular flexibility index (Phi) is 8.22. The highest BCUT2D eigenvalue weighted by molar-refractivity contribution is 7.98. The highest BCUT2D eigenvalue weighted by Gasteiger charge is 2.32. The number of thioether (sulfide) groups is 1. The van der Waals surface area contributed by atoms with Crippen molar-refractivity contribution in [3.05, 3.63) is 84.2 Å². The molecule has 0 aliphatic carbocycles. The summed E-state index contributed by atoms with van der Waals surface area (Å²) in [6.45, 7) is 0.370. The molecule has 12 heteroatoms. The van der Waals surface area contributed by atoms with Gasteiger partial charge in [-0.3, -0.25) is 9.10 Å². The molecule has 3 aromatic carbocycles. The van der Waals surface area contributed by atoms with Crippen LogP contribution in [0, 0.1) is 5.82 Å². The lowest BCUT2D eigenvalue weighted by Gasteiger charge is -2.37. The fourth-order valence-corrected chi connectivity index (χ4v) is 5.95. The van der Waals surface area contributed by atoms with Crippen molar-refractivity contribution in [3.63, 3.8) is 0 Å². The van der Waals surface area contributed by atoms with Crippen LogP contribution in [0.15, 0.2) is 82.6 Å². The first-order chi connectivity index (χ1) is 18.0. The summed E-state index contributed by atoms with van der Waals surface area (Å²) >= 11 is 1.45. The number of rotatable bonds is 7. The average molecular weight is 568 g/mol. The number of nitrogens with zero attached hydrogens (tertiary/aromatic N) is 3. The molecule has 0 radical (unpaired) electrons. The first-order valence-corrected chi connectivity index (χ1v) is 14.3. The van der Waals surface area contributed by atoms with E-state index in [-0.39, 0.29) is 36.8 Å². The largest absolute Gasteiger partial charge is 0.416 e. The lowest BCUT2D eigenvalue weighted by molar-refractivity contribution is -0.137. The van der Waals surface area contributed by atoms with Gasteiger partial charge in [-0.15, -0.1) is 11.8 Å². The van der Waals surface area contributed by atoms with Gasteiger partial charge in [0.15, 0.2) is 0 Å². The van der Waals surface area contributed by atoms with Crippen LogP contribution in [-0.2, 0) is 21.0 Å². The van der Waals surface area contributed by atoms with Crippen LogP contribution in [0.3, 0.4) is 0 Å². The maximum Gasteiger partial charge on any atom is 0.416 e. The van der Waals surface area contributed by atoms with E-state index in [1.54, 1.807) is 23.1 Å². The molecule has 1 heterocycles. The van der Waals surface area contributed by atoms with Gasteiger partial charge < -0.3 is 9.80 Å². The van der Waals surface area contributed by atoms with Crippen LogP contribution in [-0.4, -0.2) is 58.2 Å². The Morgan fingerprint density at radius 1 is 0.947 bits per heavy atom. The van der Waals surface area contributed by atoms with Crippen LogP contribution in [0.25, 0.3) is 0 Å². The van der Waals surface area contributed by atoms with Crippen molar-refractivity contribution in [2.75, 3.05) is 48.2 Å². The molecule has 0 aromatic heterocycles. The molecule has 6 nitrogen and oxygen atoms in total. The number of carbonyl (C=O) groups excluding carboxylic acids is 1. The zero-order valence-electron chi connectivity index (χ0n) is 20.4. The van der Waals surface area contributed by atoms with Crippen LogP contribution < -0.4 is 9.21 Å². The molecule has 1 saturated heterocycles. The molecule has 4 rings (SSSR count). The smallest absolute Gasteiger partial charge is 0.368 e. The number of amides is 1. The Bertz CT molecular complexity index is 1390. The molecule has 1 aliphatic heterocycles. The Morgan fingerprint density at radius 3 is 2.21 bits per heavy atom. The quantitative estimate of drug-likeness (QED) is 0.293. The Morgan fingerprint density at radius 2 is 1.61 bits per heavy atom. The van der Waals surface area contributed by atoms with Gasteiger partial charge in [0.25, 0.3) is 10.0 Å². The summed E-state index contributed by atoms with van der Waals surface area (Å²) in [7, 11) is -4.21. The molecule has 38 heavy (non-hydrogen) atoms. The van der Waals surface area contributed by atoms with Crippen LogP contribution in [0.4, 0.5) is 28.9 Å². The molecule has 202 valence electrons. The minimum absolute atomic E-state index is 0.00916. The Hall–Kier alpha value is -3.25. The van der Waals surface area contributed by atoms with E-state index in [0.717, 1.165) is 27.4 Å². The molecule has 1 amide bonds. The number of alkyl halides is 3. The van der Waals surface area contributed by atoms with E-state index in [1.807, 2.05) is 6.26 Å². The number of carbonyl (C=O) groups is 1. The third-order valence-electron chi connectivity index (χ3n) is 6.19. The predicted octanol–water partition coefficient (Wildman–Crippen LogP) is 5.11. The summed E-state index contributed by atoms with van der Waals surface area (Å²) in [6.07, 6.45) is -2.61. The maximum atomic E-state index is 14.0. The Labute approximate surface area is 222 Å². The summed E-state index contributed by atoms with van der Waals surface area (Å²) in [4.78, 5) is 17.3. The van der Waals surface area contributed by atoms with Gasteiger partial charge in [0.2, 0.25) is 5.91 Å². The zero-order chi connectivity index (χ0) is 27.5. The van der Waals surface area contributed by atoms with Crippen molar-refractivity contribution in [1.82, 2.24) is 4.90 Å². The van der Waals surface area contributed by atoms with Crippen molar-refractivity contribution in [2.45, 2.75) is 16.0 Å². The second kappa shape index (κ2) is 11.2. The van der Waals surface area contributed by atoms with Gasteiger partial charge in [0.05, 0.1) is 16.1 Å². The monoisotopic (exact) mass is 567 g/mol. The number of hydrogen-bond donors (Lipinski definition) is 0. The lowest BCUT2D eigenvalue weighted by Crippen LogP contribution is -2.52. The van der Waals surface area contributed by atoms with Crippen molar-refractivity contribution >= 4 is 39.1 Å². The highest BCUT2D eigenvalue weighted by atomic mass is 32.2. The third-order valence-corrected chi connectivity index (χ3v) is 8.73. The van der Waals surface area contributed by atoms with Gasteiger partial charge in [-0.2, -0.15) is 13.2 Å². The first kappa shape index (κ1) is 27.8. The van der Waals surface area contributed by atoms with E-state index in [0.29, 0.717) is 5.69 Å². The van der Waals surface area contributed by atoms with Crippen LogP contribution in [0.1, 0.15) is 5.56 Å². The van der Waals surface area contributed by atoms with Crippen LogP contribution >= 0.6 is 11.8 Å². The van der Waals surface area contributed by atoms with E-state index in [1.165, 1.54) is 53.1 Å². The molecule has 0 spiro atoms. The van der Waals surface area contributed by atoms with Crippen molar-refractivity contribution in [2.24, 2.45) is 0 Å². The second-order valence-electron chi connectivity index (χ2n) is 8.58. The van der Waals surface area contributed by atoms with Crippen molar-refractivity contribution in [1.29, 1.82) is 0 Å². The number of piperazine rings is 1. The number of benzene rings is 3. The topological polar surface area (TPSA) is 60.9 Å². The SMILES string of the molecule is CSc1ccc(S(=O)(=O)N(CC(=O)N2CCN(c3cccc(C(F)(F)F)c3)CC2)c2cccc(F)c2)cc1. The van der Waals surface area contributed by atoms with E-state index in [9.17, 15) is 30.8 Å². The van der Waals surface area contributed by atoms with Gasteiger partial charge in [0, 0.05) is 36.8 Å². The number of hydrogen-bond acceptors (Lipinski definition) is 5. The van der Waals surface area contributed by atoms with Crippen molar-refractivity contribution < 1.29 is 30.8 Å². The van der Waals surface area contributed by atoms with E-state index >= 15 is 0 Å². The molecule has 0 bridgehead atoms. The van der Waals surface area contributed by atoms with E-state index < -0.39 is 40.0 Å². The third kappa shape index (κ3) is 6.24. The van der Waals surface area contributed by atoms with Gasteiger partial charge in [-0.05, 0) is 66.9 Å². The molecule has 1 fully saturated rings. The lowest BCUT2D eigenvalue weighted by atomic mass is 10.1. The molecule has 0 N–H and O–H groups in total.